The number of hydrogen-bond donors (Lipinski definition) is 3. The van der Waals surface area contributed by atoms with Crippen molar-refractivity contribution in [1.82, 2.24) is 5.32 Å². The van der Waals surface area contributed by atoms with Crippen molar-refractivity contribution in [3.8, 4) is 0 Å². The molecule has 0 spiro atoms. The van der Waals surface area contributed by atoms with Crippen LogP contribution in [0.15, 0.2) is 18.2 Å². The number of rotatable bonds is 3. The molecule has 1 saturated carbocycles. The average molecular weight is 371 g/mol. The smallest absolute Gasteiger partial charge is 0.335 e. The summed E-state index contributed by atoms with van der Waals surface area (Å²) >= 11 is 0. The van der Waals surface area contributed by atoms with E-state index >= 15 is 0 Å². The zero-order valence-corrected chi connectivity index (χ0v) is 15.0. The second-order valence-electron chi connectivity index (χ2n) is 6.91. The maximum absolute atomic E-state index is 13.3. The quantitative estimate of drug-likeness (QED) is 0.726. The van der Waals surface area contributed by atoms with Crippen molar-refractivity contribution in [2.24, 2.45) is 11.8 Å². The van der Waals surface area contributed by atoms with Crippen molar-refractivity contribution in [3.05, 3.63) is 23.8 Å². The van der Waals surface area contributed by atoms with E-state index in [4.69, 9.17) is 0 Å². The highest BCUT2D eigenvalue weighted by atomic mass is 19.4. The molecule has 3 N–H and O–H groups in total. The van der Waals surface area contributed by atoms with Gasteiger partial charge < -0.3 is 16.0 Å². The van der Waals surface area contributed by atoms with E-state index in [1.165, 1.54) is 13.0 Å². The Balaban J connectivity index is 2.14. The first kappa shape index (κ1) is 20.1. The molecule has 2 rings (SSSR count). The van der Waals surface area contributed by atoms with Gasteiger partial charge in [-0.15, -0.1) is 0 Å². The first-order valence-electron chi connectivity index (χ1n) is 8.64. The van der Waals surface area contributed by atoms with Crippen LogP contribution >= 0.6 is 0 Å². The Morgan fingerprint density at radius 1 is 1.12 bits per heavy atom. The number of urea groups is 1. The van der Waals surface area contributed by atoms with Crippen molar-refractivity contribution < 1.29 is 22.8 Å². The highest BCUT2D eigenvalue weighted by Crippen LogP contribution is 2.37. The van der Waals surface area contributed by atoms with Gasteiger partial charge in [0.05, 0.1) is 11.3 Å². The van der Waals surface area contributed by atoms with Gasteiger partial charge in [0, 0.05) is 18.7 Å². The molecular weight excluding hydrogens is 347 g/mol. The summed E-state index contributed by atoms with van der Waals surface area (Å²) in [5.41, 5.74) is -1.34. The van der Waals surface area contributed by atoms with Crippen LogP contribution in [0, 0.1) is 11.8 Å². The third-order valence-corrected chi connectivity index (χ3v) is 4.92. The molecular formula is C18H24F3N3O2. The SMILES string of the molecule is CC(=O)Nc1ccc(NC(=O)NC2CCCC(C)C2C)c(C(F)(F)F)c1. The molecule has 1 aliphatic carbocycles. The molecule has 1 aromatic rings. The molecule has 0 aromatic heterocycles. The number of benzene rings is 1. The van der Waals surface area contributed by atoms with E-state index in [2.05, 4.69) is 22.9 Å². The van der Waals surface area contributed by atoms with Gasteiger partial charge in [0.1, 0.15) is 0 Å². The normalized spacial score (nSPS) is 23.2. The minimum absolute atomic E-state index is 0.0190. The minimum Gasteiger partial charge on any atom is -0.335 e. The van der Waals surface area contributed by atoms with Gasteiger partial charge in [-0.1, -0.05) is 26.7 Å². The van der Waals surface area contributed by atoms with Crippen molar-refractivity contribution in [2.75, 3.05) is 10.6 Å². The van der Waals surface area contributed by atoms with Crippen LogP contribution in [0.4, 0.5) is 29.3 Å². The number of nitrogens with one attached hydrogen (secondary N) is 3. The molecule has 144 valence electrons. The molecule has 0 aliphatic heterocycles. The number of carbonyl (C=O) groups excluding carboxylic acids is 2. The fourth-order valence-corrected chi connectivity index (χ4v) is 3.28. The summed E-state index contributed by atoms with van der Waals surface area (Å²) in [4.78, 5) is 23.3. The average Bonchev–Trinajstić information content (AvgIpc) is 2.52. The summed E-state index contributed by atoms with van der Waals surface area (Å²) in [6, 6.07) is 2.54. The fraction of sp³-hybridized carbons (Fsp3) is 0.556. The van der Waals surface area contributed by atoms with Crippen LogP contribution < -0.4 is 16.0 Å². The van der Waals surface area contributed by atoms with Gasteiger partial charge in [0.15, 0.2) is 0 Å². The highest BCUT2D eigenvalue weighted by molar-refractivity contribution is 5.92. The summed E-state index contributed by atoms with van der Waals surface area (Å²) in [6.45, 7) is 5.36. The molecule has 1 aliphatic rings. The molecule has 3 amide bonds. The summed E-state index contributed by atoms with van der Waals surface area (Å²) in [6.07, 6.45) is -1.78. The Morgan fingerprint density at radius 2 is 1.81 bits per heavy atom. The Kier molecular flexibility index (Phi) is 6.15. The molecule has 3 unspecified atom stereocenters. The molecule has 26 heavy (non-hydrogen) atoms. The summed E-state index contributed by atoms with van der Waals surface area (Å²) in [5.74, 6) is 0.243. The van der Waals surface area contributed by atoms with Crippen LogP contribution in [0.5, 0.6) is 0 Å². The van der Waals surface area contributed by atoms with Crippen LogP contribution in [0.2, 0.25) is 0 Å². The molecule has 3 atom stereocenters. The van der Waals surface area contributed by atoms with E-state index in [1.54, 1.807) is 0 Å². The van der Waals surface area contributed by atoms with Crippen LogP contribution in [0.3, 0.4) is 0 Å². The van der Waals surface area contributed by atoms with E-state index in [-0.39, 0.29) is 23.3 Å². The number of carbonyl (C=O) groups is 2. The van der Waals surface area contributed by atoms with Gasteiger partial charge in [-0.2, -0.15) is 13.2 Å². The summed E-state index contributed by atoms with van der Waals surface area (Å²) < 4.78 is 39.9. The van der Waals surface area contributed by atoms with Gasteiger partial charge in [-0.25, -0.2) is 4.79 Å². The second kappa shape index (κ2) is 7.97. The Hall–Kier alpha value is -2.25. The molecule has 0 radical (unpaired) electrons. The molecule has 0 saturated heterocycles. The van der Waals surface area contributed by atoms with E-state index in [0.29, 0.717) is 5.92 Å². The topological polar surface area (TPSA) is 70.2 Å². The maximum atomic E-state index is 13.3. The van der Waals surface area contributed by atoms with E-state index in [1.807, 2.05) is 6.92 Å². The lowest BCUT2D eigenvalue weighted by molar-refractivity contribution is -0.137. The van der Waals surface area contributed by atoms with Gasteiger partial charge in [0.25, 0.3) is 0 Å². The second-order valence-corrected chi connectivity index (χ2v) is 6.91. The largest absolute Gasteiger partial charge is 0.418 e. The van der Waals surface area contributed by atoms with Crippen LogP contribution in [0.25, 0.3) is 0 Å². The van der Waals surface area contributed by atoms with Crippen LogP contribution in [-0.4, -0.2) is 18.0 Å². The van der Waals surface area contributed by atoms with Crippen LogP contribution in [-0.2, 0) is 11.0 Å². The third kappa shape index (κ3) is 5.12. The first-order chi connectivity index (χ1) is 12.1. The first-order valence-corrected chi connectivity index (χ1v) is 8.64. The van der Waals surface area contributed by atoms with Crippen molar-refractivity contribution in [3.63, 3.8) is 0 Å². The van der Waals surface area contributed by atoms with E-state index in [9.17, 15) is 22.8 Å². The minimum atomic E-state index is -4.66. The van der Waals surface area contributed by atoms with Gasteiger partial charge >= 0.3 is 12.2 Å². The van der Waals surface area contributed by atoms with Gasteiger partial charge in [-0.3, -0.25) is 4.79 Å². The number of amides is 3. The lowest BCUT2D eigenvalue weighted by Gasteiger charge is -2.34. The monoisotopic (exact) mass is 371 g/mol. The van der Waals surface area contributed by atoms with Crippen LogP contribution in [0.1, 0.15) is 45.6 Å². The van der Waals surface area contributed by atoms with Crippen molar-refractivity contribution in [1.29, 1.82) is 0 Å². The fourth-order valence-electron chi connectivity index (χ4n) is 3.28. The summed E-state index contributed by atoms with van der Waals surface area (Å²) in [7, 11) is 0. The number of alkyl halides is 3. The zero-order valence-electron chi connectivity index (χ0n) is 15.0. The van der Waals surface area contributed by atoms with Crippen molar-refractivity contribution in [2.45, 2.75) is 52.3 Å². The highest BCUT2D eigenvalue weighted by Gasteiger charge is 2.35. The predicted octanol–water partition coefficient (Wildman–Crippen LogP) is 4.61. The molecule has 0 heterocycles. The number of hydrogen-bond acceptors (Lipinski definition) is 2. The van der Waals surface area contributed by atoms with E-state index in [0.717, 1.165) is 31.4 Å². The number of halogens is 3. The lowest BCUT2D eigenvalue weighted by Crippen LogP contribution is -2.45. The van der Waals surface area contributed by atoms with Gasteiger partial charge in [-0.05, 0) is 36.5 Å². The summed E-state index contributed by atoms with van der Waals surface area (Å²) in [5, 5.41) is 7.39. The number of anilines is 2. The standard InChI is InChI=1S/C18H24F3N3O2/c1-10-5-4-6-15(11(10)2)23-17(26)24-16-8-7-13(22-12(3)25)9-14(16)18(19,20)21/h7-11,15H,4-6H2,1-3H3,(H,22,25)(H2,23,24,26). The molecule has 8 heteroatoms. The Morgan fingerprint density at radius 3 is 2.42 bits per heavy atom. The zero-order chi connectivity index (χ0) is 19.5. The Labute approximate surface area is 150 Å². The lowest BCUT2D eigenvalue weighted by atomic mass is 9.78. The predicted molar refractivity (Wildman–Crippen MR) is 93.9 cm³/mol. The molecule has 5 nitrogen and oxygen atoms in total. The van der Waals surface area contributed by atoms with Crippen molar-refractivity contribution >= 4 is 23.3 Å². The Bertz CT molecular complexity index is 676. The molecule has 0 bridgehead atoms. The molecule has 1 aromatic carbocycles. The van der Waals surface area contributed by atoms with Gasteiger partial charge in [0.2, 0.25) is 5.91 Å². The maximum Gasteiger partial charge on any atom is 0.418 e. The van der Waals surface area contributed by atoms with E-state index < -0.39 is 23.7 Å². The molecule has 1 fully saturated rings. The third-order valence-electron chi connectivity index (χ3n) is 4.92.